The Labute approximate surface area is 120 Å². The van der Waals surface area contributed by atoms with Gasteiger partial charge in [-0.2, -0.15) is 0 Å². The van der Waals surface area contributed by atoms with E-state index in [1.807, 2.05) is 0 Å². The number of benzene rings is 1. The Bertz CT molecular complexity index is 414. The predicted molar refractivity (Wildman–Crippen MR) is 74.7 cm³/mol. The first-order chi connectivity index (χ1) is 8.60. The highest BCUT2D eigenvalue weighted by atomic mass is 79.9. The first kappa shape index (κ1) is 15.3. The summed E-state index contributed by atoms with van der Waals surface area (Å²) >= 11 is 9.03. The van der Waals surface area contributed by atoms with Crippen molar-refractivity contribution in [2.45, 2.75) is 0 Å². The molecule has 0 unspecified atom stereocenters. The van der Waals surface area contributed by atoms with Gasteiger partial charge in [-0.25, -0.2) is 0 Å². The van der Waals surface area contributed by atoms with Crippen LogP contribution in [0.2, 0.25) is 5.02 Å². The largest absolute Gasteiger partial charge is 0.507 e. The van der Waals surface area contributed by atoms with Gasteiger partial charge in [0.2, 0.25) is 0 Å². The van der Waals surface area contributed by atoms with Crippen LogP contribution in [0.15, 0.2) is 18.2 Å². The monoisotopic (exact) mass is 335 g/mol. The zero-order chi connectivity index (χ0) is 13.5. The molecule has 6 heteroatoms. The highest BCUT2D eigenvalue weighted by Crippen LogP contribution is 2.23. The summed E-state index contributed by atoms with van der Waals surface area (Å²) in [5.41, 5.74) is 0.247. The topological polar surface area (TPSA) is 49.8 Å². The number of carbonyl (C=O) groups is 1. The Morgan fingerprint density at radius 3 is 2.78 bits per heavy atom. The van der Waals surface area contributed by atoms with E-state index < -0.39 is 0 Å². The maximum atomic E-state index is 12.2. The summed E-state index contributed by atoms with van der Waals surface area (Å²) in [6, 6.07) is 4.46. The number of hydrogen-bond donors (Lipinski definition) is 1. The fourth-order valence-electron chi connectivity index (χ4n) is 1.47. The second-order valence-electron chi connectivity index (χ2n) is 3.64. The van der Waals surface area contributed by atoms with Gasteiger partial charge in [-0.15, -0.1) is 0 Å². The van der Waals surface area contributed by atoms with E-state index >= 15 is 0 Å². The SMILES string of the molecule is COCCN(CCBr)C(=O)c1ccc(Cl)cc1O. The summed E-state index contributed by atoms with van der Waals surface area (Å²) in [5, 5.41) is 10.8. The van der Waals surface area contributed by atoms with E-state index in [0.717, 1.165) is 0 Å². The lowest BCUT2D eigenvalue weighted by Gasteiger charge is -2.21. The highest BCUT2D eigenvalue weighted by Gasteiger charge is 2.18. The van der Waals surface area contributed by atoms with E-state index in [1.54, 1.807) is 18.1 Å². The number of alkyl halides is 1. The van der Waals surface area contributed by atoms with Crippen molar-refractivity contribution >= 4 is 33.4 Å². The third-order valence-electron chi connectivity index (χ3n) is 2.40. The van der Waals surface area contributed by atoms with Gasteiger partial charge in [0.25, 0.3) is 5.91 Å². The molecule has 4 nitrogen and oxygen atoms in total. The number of nitrogens with zero attached hydrogens (tertiary/aromatic N) is 1. The van der Waals surface area contributed by atoms with E-state index in [9.17, 15) is 9.90 Å². The van der Waals surface area contributed by atoms with Gasteiger partial charge in [-0.3, -0.25) is 4.79 Å². The van der Waals surface area contributed by atoms with Crippen molar-refractivity contribution in [3.63, 3.8) is 0 Å². The Balaban J connectivity index is 2.87. The van der Waals surface area contributed by atoms with Crippen LogP contribution in [-0.2, 0) is 4.74 Å². The van der Waals surface area contributed by atoms with Crippen molar-refractivity contribution in [3.05, 3.63) is 28.8 Å². The molecule has 1 rings (SSSR count). The van der Waals surface area contributed by atoms with Gasteiger partial charge in [0.15, 0.2) is 0 Å². The summed E-state index contributed by atoms with van der Waals surface area (Å²) in [4.78, 5) is 13.8. The zero-order valence-corrected chi connectivity index (χ0v) is 12.4. The summed E-state index contributed by atoms with van der Waals surface area (Å²) in [5.74, 6) is -0.342. The Kier molecular flexibility index (Phi) is 6.46. The summed E-state index contributed by atoms with van der Waals surface area (Å²) in [7, 11) is 1.58. The number of methoxy groups -OCH3 is 1. The molecule has 1 N–H and O–H groups in total. The Morgan fingerprint density at radius 2 is 2.22 bits per heavy atom. The number of aromatic hydroxyl groups is 1. The maximum Gasteiger partial charge on any atom is 0.257 e. The second-order valence-corrected chi connectivity index (χ2v) is 4.86. The van der Waals surface area contributed by atoms with E-state index in [2.05, 4.69) is 15.9 Å². The minimum atomic E-state index is -0.235. The van der Waals surface area contributed by atoms with Gasteiger partial charge in [0.1, 0.15) is 5.75 Å². The van der Waals surface area contributed by atoms with Crippen molar-refractivity contribution in [2.75, 3.05) is 32.1 Å². The van der Waals surface area contributed by atoms with Gasteiger partial charge in [-0.05, 0) is 18.2 Å². The summed E-state index contributed by atoms with van der Waals surface area (Å²) < 4.78 is 4.96. The van der Waals surface area contributed by atoms with Crippen LogP contribution in [0.5, 0.6) is 5.75 Å². The molecule has 0 bridgehead atoms. The molecule has 0 saturated carbocycles. The van der Waals surface area contributed by atoms with Crippen LogP contribution in [0.25, 0.3) is 0 Å². The molecule has 0 aromatic heterocycles. The molecule has 1 aromatic rings. The molecule has 0 radical (unpaired) electrons. The van der Waals surface area contributed by atoms with Crippen LogP contribution in [-0.4, -0.2) is 48.0 Å². The molecule has 100 valence electrons. The molecule has 0 aliphatic rings. The van der Waals surface area contributed by atoms with Gasteiger partial charge >= 0.3 is 0 Å². The van der Waals surface area contributed by atoms with E-state index in [4.69, 9.17) is 16.3 Å². The Morgan fingerprint density at radius 1 is 1.50 bits per heavy atom. The predicted octanol–water partition coefficient (Wildman–Crippen LogP) is 2.53. The van der Waals surface area contributed by atoms with Crippen LogP contribution in [0.3, 0.4) is 0 Å². The first-order valence-corrected chi connectivity index (χ1v) is 6.92. The lowest BCUT2D eigenvalue weighted by Crippen LogP contribution is -2.35. The third kappa shape index (κ3) is 4.15. The van der Waals surface area contributed by atoms with Crippen LogP contribution >= 0.6 is 27.5 Å². The number of rotatable bonds is 6. The van der Waals surface area contributed by atoms with Gasteiger partial charge < -0.3 is 14.7 Å². The molecular weight excluding hydrogens is 321 g/mol. The maximum absolute atomic E-state index is 12.2. The lowest BCUT2D eigenvalue weighted by atomic mass is 10.1. The molecule has 0 heterocycles. The van der Waals surface area contributed by atoms with E-state index in [0.29, 0.717) is 30.0 Å². The molecule has 0 fully saturated rings. The molecule has 1 aromatic carbocycles. The van der Waals surface area contributed by atoms with Crippen molar-refractivity contribution < 1.29 is 14.6 Å². The molecule has 18 heavy (non-hydrogen) atoms. The fourth-order valence-corrected chi connectivity index (χ4v) is 2.07. The highest BCUT2D eigenvalue weighted by molar-refractivity contribution is 9.09. The number of phenolic OH excluding ortho intramolecular Hbond substituents is 1. The normalized spacial score (nSPS) is 10.4. The number of phenols is 1. The molecule has 0 aliphatic carbocycles. The van der Waals surface area contributed by atoms with E-state index in [-0.39, 0.29) is 17.2 Å². The summed E-state index contributed by atoms with van der Waals surface area (Å²) in [6.45, 7) is 1.47. The number of ether oxygens (including phenoxy) is 1. The fraction of sp³-hybridized carbons (Fsp3) is 0.417. The smallest absolute Gasteiger partial charge is 0.257 e. The van der Waals surface area contributed by atoms with Crippen molar-refractivity contribution in [3.8, 4) is 5.75 Å². The van der Waals surface area contributed by atoms with Gasteiger partial charge in [0, 0.05) is 30.6 Å². The lowest BCUT2D eigenvalue weighted by molar-refractivity contribution is 0.0706. The van der Waals surface area contributed by atoms with Crippen molar-refractivity contribution in [1.82, 2.24) is 4.90 Å². The summed E-state index contributed by atoms with van der Waals surface area (Å²) in [6.07, 6.45) is 0. The number of halogens is 2. The molecule has 0 spiro atoms. The molecule has 0 saturated heterocycles. The molecular formula is C12H15BrClNO3. The molecule has 1 amide bonds. The second kappa shape index (κ2) is 7.61. The quantitative estimate of drug-likeness (QED) is 0.812. The third-order valence-corrected chi connectivity index (χ3v) is 2.99. The minimum Gasteiger partial charge on any atom is -0.507 e. The average Bonchev–Trinajstić information content (AvgIpc) is 2.33. The van der Waals surface area contributed by atoms with Crippen LogP contribution in [0, 0.1) is 0 Å². The first-order valence-electron chi connectivity index (χ1n) is 5.42. The number of hydrogen-bond acceptors (Lipinski definition) is 3. The number of carbonyl (C=O) groups excluding carboxylic acids is 1. The zero-order valence-electron chi connectivity index (χ0n) is 10.0. The average molecular weight is 337 g/mol. The van der Waals surface area contributed by atoms with Crippen LogP contribution in [0.4, 0.5) is 0 Å². The minimum absolute atomic E-state index is 0.107. The molecule has 0 atom stereocenters. The van der Waals surface area contributed by atoms with Crippen LogP contribution < -0.4 is 0 Å². The standard InChI is InChI=1S/C12H15BrClNO3/c1-18-7-6-15(5-4-13)12(17)10-3-2-9(14)8-11(10)16/h2-3,8,16H,4-7H2,1H3. The molecule has 0 aliphatic heterocycles. The van der Waals surface area contributed by atoms with E-state index in [1.165, 1.54) is 12.1 Å². The Hall–Kier alpha value is -0.780. The van der Waals surface area contributed by atoms with Gasteiger partial charge in [0.05, 0.1) is 12.2 Å². The van der Waals surface area contributed by atoms with Crippen molar-refractivity contribution in [1.29, 1.82) is 0 Å². The van der Waals surface area contributed by atoms with Crippen molar-refractivity contribution in [2.24, 2.45) is 0 Å². The number of amides is 1. The van der Waals surface area contributed by atoms with Crippen LogP contribution in [0.1, 0.15) is 10.4 Å². The van der Waals surface area contributed by atoms with Gasteiger partial charge in [-0.1, -0.05) is 27.5 Å².